The van der Waals surface area contributed by atoms with E-state index in [1.807, 2.05) is 5.32 Å². The molecule has 2 aromatic carbocycles. The molecule has 0 aromatic heterocycles. The minimum Gasteiger partial charge on any atom is -0.350 e. The fourth-order valence-corrected chi connectivity index (χ4v) is 3.54. The van der Waals surface area contributed by atoms with Crippen LogP contribution < -0.4 is 10.6 Å². The van der Waals surface area contributed by atoms with Crippen LogP contribution in [0, 0.1) is 6.92 Å². The Kier molecular flexibility index (Phi) is 12.7. The van der Waals surface area contributed by atoms with Crippen molar-refractivity contribution in [2.45, 2.75) is 44.3 Å². The number of allylic oxidation sites excluding steroid dienone is 1. The number of hydrogen-bond donors (Lipinski definition) is 2. The van der Waals surface area contributed by atoms with Gasteiger partial charge in [-0.2, -0.15) is 39.5 Å². The van der Waals surface area contributed by atoms with Gasteiger partial charge in [-0.05, 0) is 48.7 Å². The van der Waals surface area contributed by atoms with Crippen LogP contribution in [0.4, 0.5) is 39.5 Å². The minimum atomic E-state index is -4.71. The van der Waals surface area contributed by atoms with E-state index in [-0.39, 0.29) is 38.2 Å². The highest BCUT2D eigenvalue weighted by Gasteiger charge is 2.40. The first-order chi connectivity index (χ1) is 18.2. The van der Waals surface area contributed by atoms with Crippen LogP contribution in [0.2, 0.25) is 15.1 Å². The van der Waals surface area contributed by atoms with Crippen LogP contribution >= 0.6 is 34.8 Å². The summed E-state index contributed by atoms with van der Waals surface area (Å²) in [6.07, 6.45) is -11.8. The van der Waals surface area contributed by atoms with E-state index in [9.17, 15) is 49.1 Å². The number of nitrogens with one attached hydrogen (secondary N) is 2. The Morgan fingerprint density at radius 1 is 0.925 bits per heavy atom. The van der Waals surface area contributed by atoms with Gasteiger partial charge in [-0.3, -0.25) is 9.59 Å². The topological polar surface area (TPSA) is 58.2 Å². The van der Waals surface area contributed by atoms with E-state index in [2.05, 4.69) is 0 Å². The van der Waals surface area contributed by atoms with Crippen LogP contribution in [0.15, 0.2) is 36.4 Å². The van der Waals surface area contributed by atoms with E-state index >= 15 is 0 Å². The van der Waals surface area contributed by atoms with Crippen LogP contribution in [-0.2, 0) is 15.8 Å². The Labute approximate surface area is 237 Å². The van der Waals surface area contributed by atoms with Crippen LogP contribution in [0.5, 0.6) is 0 Å². The second kappa shape index (κ2) is 14.3. The van der Waals surface area contributed by atoms with Gasteiger partial charge >= 0.3 is 18.5 Å². The molecule has 2 atom stereocenters. The van der Waals surface area contributed by atoms with Crippen molar-refractivity contribution in [2.75, 3.05) is 6.54 Å². The lowest BCUT2D eigenvalue weighted by Crippen LogP contribution is -2.46. The van der Waals surface area contributed by atoms with Crippen molar-refractivity contribution >= 4 is 53.2 Å². The molecule has 0 radical (unpaired) electrons. The number of rotatable bonds is 7. The van der Waals surface area contributed by atoms with Crippen LogP contribution in [0.3, 0.4) is 0 Å². The van der Waals surface area contributed by atoms with Crippen molar-refractivity contribution in [2.24, 2.45) is 0 Å². The Balaban J connectivity index is 0.000000520. The zero-order valence-corrected chi connectivity index (χ0v) is 22.6. The lowest BCUT2D eigenvalue weighted by molar-refractivity contribution is -0.157. The number of hydrogen-bond acceptors (Lipinski definition) is 2. The van der Waals surface area contributed by atoms with Crippen molar-refractivity contribution in [1.82, 2.24) is 10.6 Å². The maximum atomic E-state index is 13.5. The summed E-state index contributed by atoms with van der Waals surface area (Å²) < 4.78 is 115. The molecule has 0 aliphatic carbocycles. The predicted octanol–water partition coefficient (Wildman–Crippen LogP) is 8.13. The van der Waals surface area contributed by atoms with Gasteiger partial charge in [-0.1, -0.05) is 59.1 Å². The molecule has 0 fully saturated rings. The van der Waals surface area contributed by atoms with Crippen LogP contribution in [-0.4, -0.2) is 37.3 Å². The molecule has 0 aliphatic heterocycles. The zero-order chi connectivity index (χ0) is 31.1. The van der Waals surface area contributed by atoms with Crippen molar-refractivity contribution in [3.8, 4) is 0 Å². The summed E-state index contributed by atoms with van der Waals surface area (Å²) in [5.74, 6) is -3.00. The van der Waals surface area contributed by atoms with Crippen molar-refractivity contribution in [1.29, 1.82) is 0 Å². The second-order valence-corrected chi connectivity index (χ2v) is 9.27. The normalized spacial score (nSPS) is 13.8. The maximum Gasteiger partial charge on any atom is 0.416 e. The summed E-state index contributed by atoms with van der Waals surface area (Å²) in [7, 11) is 0. The highest BCUT2D eigenvalue weighted by molar-refractivity contribution is 6.48. The molecule has 0 aliphatic rings. The fraction of sp³-hybridized carbons (Fsp3) is 0.333. The molecule has 2 rings (SSSR count). The van der Waals surface area contributed by atoms with Gasteiger partial charge < -0.3 is 10.6 Å². The summed E-state index contributed by atoms with van der Waals surface area (Å²) in [6, 6.07) is 3.43. The van der Waals surface area contributed by atoms with Gasteiger partial charge in [-0.15, -0.1) is 0 Å². The smallest absolute Gasteiger partial charge is 0.350 e. The molecule has 16 heteroatoms. The highest BCUT2D eigenvalue weighted by Crippen LogP contribution is 2.41. The van der Waals surface area contributed by atoms with Crippen molar-refractivity contribution < 1.29 is 49.1 Å². The van der Waals surface area contributed by atoms with E-state index in [4.69, 9.17) is 34.8 Å². The monoisotopic (exact) mass is 644 g/mol. The SMILES string of the molecule is CC(NC(=O)CNC=O)C(F)(F)F.Cc1ccc(/C=C/C(c2cc(Cl)c(Cl)c(Cl)c2)C(F)(F)F)cc1C(F)(F)F. The molecule has 2 aromatic rings. The number of alkyl halides is 9. The van der Waals surface area contributed by atoms with E-state index in [1.165, 1.54) is 19.1 Å². The zero-order valence-electron chi connectivity index (χ0n) is 20.3. The first-order valence-corrected chi connectivity index (χ1v) is 11.9. The summed E-state index contributed by atoms with van der Waals surface area (Å²) in [6.45, 7) is 1.63. The van der Waals surface area contributed by atoms with Crippen molar-refractivity contribution in [3.05, 3.63) is 73.7 Å². The summed E-state index contributed by atoms with van der Waals surface area (Å²) in [5.41, 5.74) is -1.23. The number of amides is 2. The largest absolute Gasteiger partial charge is 0.416 e. The molecule has 222 valence electrons. The summed E-state index contributed by atoms with van der Waals surface area (Å²) in [5, 5.41) is 3.22. The third-order valence-electron chi connectivity index (χ3n) is 4.98. The number of aryl methyl sites for hydroxylation is 1. The Hall–Kier alpha value is -2.64. The van der Waals surface area contributed by atoms with E-state index in [0.29, 0.717) is 0 Å². The van der Waals surface area contributed by atoms with Gasteiger partial charge in [0.1, 0.15) is 6.04 Å². The van der Waals surface area contributed by atoms with E-state index in [0.717, 1.165) is 37.3 Å². The lowest BCUT2D eigenvalue weighted by atomic mass is 9.96. The third-order valence-corrected chi connectivity index (χ3v) is 6.18. The molecule has 0 bridgehead atoms. The molecular weight excluding hydrogens is 626 g/mol. The maximum absolute atomic E-state index is 13.5. The molecule has 40 heavy (non-hydrogen) atoms. The van der Waals surface area contributed by atoms with Crippen LogP contribution in [0.1, 0.15) is 35.1 Å². The van der Waals surface area contributed by atoms with Gasteiger partial charge in [0.15, 0.2) is 0 Å². The average molecular weight is 646 g/mol. The molecule has 2 N–H and O–H groups in total. The quantitative estimate of drug-likeness (QED) is 0.182. The minimum absolute atomic E-state index is 0.0201. The van der Waals surface area contributed by atoms with E-state index in [1.54, 1.807) is 5.32 Å². The van der Waals surface area contributed by atoms with Crippen LogP contribution in [0.25, 0.3) is 6.08 Å². The van der Waals surface area contributed by atoms with Gasteiger partial charge in [0.05, 0.1) is 33.1 Å². The lowest BCUT2D eigenvalue weighted by Gasteiger charge is -2.18. The van der Waals surface area contributed by atoms with Gasteiger partial charge in [0.25, 0.3) is 0 Å². The fourth-order valence-electron chi connectivity index (χ4n) is 2.93. The third kappa shape index (κ3) is 11.1. The highest BCUT2D eigenvalue weighted by atomic mass is 35.5. The number of carbonyl (C=O) groups excluding carboxylic acids is 2. The number of benzene rings is 2. The second-order valence-electron chi connectivity index (χ2n) is 8.08. The molecule has 0 heterocycles. The first kappa shape index (κ1) is 35.4. The Morgan fingerprint density at radius 3 is 1.93 bits per heavy atom. The molecule has 0 saturated carbocycles. The molecule has 2 unspecified atom stereocenters. The first-order valence-electron chi connectivity index (χ1n) is 10.8. The molecule has 2 amide bonds. The van der Waals surface area contributed by atoms with E-state index < -0.39 is 48.5 Å². The Bertz CT molecular complexity index is 1190. The molecule has 0 spiro atoms. The number of carbonyl (C=O) groups is 2. The molecule has 4 nitrogen and oxygen atoms in total. The summed E-state index contributed by atoms with van der Waals surface area (Å²) in [4.78, 5) is 20.3. The average Bonchev–Trinajstić information content (AvgIpc) is 2.80. The molecule has 0 saturated heterocycles. The van der Waals surface area contributed by atoms with Crippen molar-refractivity contribution in [3.63, 3.8) is 0 Å². The Morgan fingerprint density at radius 2 is 1.48 bits per heavy atom. The molecular formula is C24H20Cl3F9N2O2. The van der Waals surface area contributed by atoms with Gasteiger partial charge in [0, 0.05) is 0 Å². The summed E-state index contributed by atoms with van der Waals surface area (Å²) >= 11 is 17.3. The number of halogens is 12. The standard InChI is InChI=1S/C18H11Cl3F6.C6H9F3N2O2/c1-9-2-3-10(6-13(9)18(25,26)27)4-5-12(17(22,23)24)11-7-14(19)16(21)15(20)8-11;1-4(6(7,8)9)11-5(13)2-10-3-12/h2-8,12H,1H3;3-4H,2H2,1H3,(H,10,12)(H,11,13)/b5-4+;. The van der Waals surface area contributed by atoms with Gasteiger partial charge in [-0.25, -0.2) is 0 Å². The van der Waals surface area contributed by atoms with Gasteiger partial charge in [0.2, 0.25) is 12.3 Å². The predicted molar refractivity (Wildman–Crippen MR) is 133 cm³/mol.